The maximum absolute atomic E-state index is 12.6. The van der Waals surface area contributed by atoms with Gasteiger partial charge in [-0.25, -0.2) is 0 Å². The number of rotatable bonds is 8. The van der Waals surface area contributed by atoms with Gasteiger partial charge in [0.15, 0.2) is 11.5 Å². The van der Waals surface area contributed by atoms with Gasteiger partial charge in [-0.05, 0) is 47.7 Å². The van der Waals surface area contributed by atoms with Gasteiger partial charge >= 0.3 is 10.1 Å². The quantitative estimate of drug-likeness (QED) is 0.448. The number of benzene rings is 2. The van der Waals surface area contributed by atoms with Gasteiger partial charge in [0, 0.05) is 0 Å². The summed E-state index contributed by atoms with van der Waals surface area (Å²) in [6.07, 6.45) is 2.47. The molecule has 1 heterocycles. The van der Waals surface area contributed by atoms with E-state index in [1.807, 2.05) is 18.2 Å². The summed E-state index contributed by atoms with van der Waals surface area (Å²) in [5.74, 6) is 0.452. The second-order valence-electron chi connectivity index (χ2n) is 6.19. The molecule has 0 saturated carbocycles. The van der Waals surface area contributed by atoms with E-state index in [0.717, 1.165) is 22.9 Å². The van der Waals surface area contributed by atoms with Crippen molar-refractivity contribution in [1.29, 1.82) is 0 Å². The van der Waals surface area contributed by atoms with Crippen LogP contribution in [-0.4, -0.2) is 51.0 Å². The Morgan fingerprint density at radius 3 is 2.47 bits per heavy atom. The average molecular weight is 450 g/mol. The Bertz CT molecular complexity index is 1080. The lowest BCUT2D eigenvalue weighted by atomic mass is 10.2. The van der Waals surface area contributed by atoms with Crippen LogP contribution >= 0.6 is 11.8 Å². The molecule has 0 aromatic heterocycles. The normalized spacial score (nSPS) is 15.5. The molecule has 0 unspecified atom stereocenters. The molecule has 0 spiro atoms. The molecule has 3 rings (SSSR count). The fourth-order valence-electron chi connectivity index (χ4n) is 2.62. The highest BCUT2D eigenvalue weighted by molar-refractivity contribution is 8.18. The summed E-state index contributed by atoms with van der Waals surface area (Å²) < 4.78 is 38.2. The molecule has 1 aliphatic rings. The zero-order valence-electron chi connectivity index (χ0n) is 16.2. The van der Waals surface area contributed by atoms with Gasteiger partial charge in [0.25, 0.3) is 11.1 Å². The van der Waals surface area contributed by atoms with E-state index in [9.17, 15) is 18.0 Å². The standard InChI is InChI=1S/C20H19NO7S2/c1-26-17-12-14(8-9-16(17)28-30(2,24)25)13-18-19(22)21(20(23)29-18)10-11-27-15-6-4-3-5-7-15/h3-9,12-13H,10-11H2,1-2H3/b18-13-. The van der Waals surface area contributed by atoms with Gasteiger partial charge in [0.2, 0.25) is 0 Å². The molecule has 2 amide bonds. The highest BCUT2D eigenvalue weighted by Gasteiger charge is 2.34. The van der Waals surface area contributed by atoms with E-state index in [0.29, 0.717) is 11.3 Å². The fraction of sp³-hybridized carbons (Fsp3) is 0.200. The number of amides is 2. The number of nitrogens with zero attached hydrogens (tertiary/aromatic N) is 1. The minimum absolute atomic E-state index is 0.0308. The summed E-state index contributed by atoms with van der Waals surface area (Å²) >= 11 is 0.826. The van der Waals surface area contributed by atoms with Gasteiger partial charge in [0.05, 0.1) is 24.8 Å². The molecule has 1 aliphatic heterocycles. The molecule has 0 atom stereocenters. The van der Waals surface area contributed by atoms with Crippen molar-refractivity contribution < 1.29 is 31.7 Å². The minimum Gasteiger partial charge on any atom is -0.493 e. The summed E-state index contributed by atoms with van der Waals surface area (Å²) in [6.45, 7) is 0.308. The van der Waals surface area contributed by atoms with Crippen LogP contribution in [-0.2, 0) is 14.9 Å². The summed E-state index contributed by atoms with van der Waals surface area (Å²) in [6, 6.07) is 13.6. The van der Waals surface area contributed by atoms with Crippen molar-refractivity contribution in [2.45, 2.75) is 0 Å². The van der Waals surface area contributed by atoms with Crippen LogP contribution in [0.1, 0.15) is 5.56 Å². The monoisotopic (exact) mass is 449 g/mol. The van der Waals surface area contributed by atoms with E-state index in [2.05, 4.69) is 0 Å². The molecule has 8 nitrogen and oxygen atoms in total. The topological polar surface area (TPSA) is 99.2 Å². The lowest BCUT2D eigenvalue weighted by Crippen LogP contribution is -2.32. The molecule has 0 bridgehead atoms. The fourth-order valence-corrected chi connectivity index (χ4v) is 3.95. The van der Waals surface area contributed by atoms with Gasteiger partial charge in [0.1, 0.15) is 12.4 Å². The van der Waals surface area contributed by atoms with E-state index in [4.69, 9.17) is 13.7 Å². The third kappa shape index (κ3) is 5.55. The lowest BCUT2D eigenvalue weighted by Gasteiger charge is -2.13. The minimum atomic E-state index is -3.71. The lowest BCUT2D eigenvalue weighted by molar-refractivity contribution is -0.123. The van der Waals surface area contributed by atoms with Crippen molar-refractivity contribution >= 4 is 39.1 Å². The van der Waals surface area contributed by atoms with Crippen molar-refractivity contribution in [2.24, 2.45) is 0 Å². The Balaban J connectivity index is 1.70. The number of methoxy groups -OCH3 is 1. The molecule has 0 radical (unpaired) electrons. The number of carbonyl (C=O) groups is 2. The molecule has 1 fully saturated rings. The number of hydrogen-bond donors (Lipinski definition) is 0. The van der Waals surface area contributed by atoms with Gasteiger partial charge < -0.3 is 13.7 Å². The first kappa shape index (κ1) is 21.7. The van der Waals surface area contributed by atoms with Gasteiger partial charge in [-0.15, -0.1) is 0 Å². The summed E-state index contributed by atoms with van der Waals surface area (Å²) in [5.41, 5.74) is 0.554. The van der Waals surface area contributed by atoms with E-state index in [1.54, 1.807) is 18.2 Å². The smallest absolute Gasteiger partial charge is 0.306 e. The maximum atomic E-state index is 12.6. The predicted molar refractivity (Wildman–Crippen MR) is 113 cm³/mol. The van der Waals surface area contributed by atoms with Gasteiger partial charge in [-0.3, -0.25) is 14.5 Å². The van der Waals surface area contributed by atoms with Crippen LogP contribution < -0.4 is 13.7 Å². The molecule has 0 N–H and O–H groups in total. The highest BCUT2D eigenvalue weighted by atomic mass is 32.2. The van der Waals surface area contributed by atoms with Crippen LogP contribution in [0.25, 0.3) is 6.08 Å². The van der Waals surface area contributed by atoms with Crippen LogP contribution in [0.5, 0.6) is 17.2 Å². The first-order valence-electron chi connectivity index (χ1n) is 8.77. The largest absolute Gasteiger partial charge is 0.493 e. The van der Waals surface area contributed by atoms with Crippen LogP contribution in [0.2, 0.25) is 0 Å². The van der Waals surface area contributed by atoms with Crippen molar-refractivity contribution in [3.8, 4) is 17.2 Å². The van der Waals surface area contributed by atoms with E-state index in [-0.39, 0.29) is 34.8 Å². The summed E-state index contributed by atoms with van der Waals surface area (Å²) in [4.78, 5) is 26.2. The number of carbonyl (C=O) groups excluding carboxylic acids is 2. The predicted octanol–water partition coefficient (Wildman–Crippen LogP) is 3.15. The van der Waals surface area contributed by atoms with E-state index < -0.39 is 16.0 Å². The number of hydrogen-bond acceptors (Lipinski definition) is 8. The molecule has 0 aliphatic carbocycles. The second kappa shape index (κ2) is 9.23. The third-order valence-corrected chi connectivity index (χ3v) is 5.32. The van der Waals surface area contributed by atoms with E-state index >= 15 is 0 Å². The molecule has 30 heavy (non-hydrogen) atoms. The van der Waals surface area contributed by atoms with Crippen LogP contribution in [0.3, 0.4) is 0 Å². The average Bonchev–Trinajstić information content (AvgIpc) is 2.96. The number of thioether (sulfide) groups is 1. The van der Waals surface area contributed by atoms with Gasteiger partial charge in [-0.1, -0.05) is 24.3 Å². The first-order chi connectivity index (χ1) is 14.3. The number of ether oxygens (including phenoxy) is 2. The van der Waals surface area contributed by atoms with E-state index in [1.165, 1.54) is 25.3 Å². The van der Waals surface area contributed by atoms with Crippen LogP contribution in [0.15, 0.2) is 53.4 Å². The molecular weight excluding hydrogens is 430 g/mol. The first-order valence-corrected chi connectivity index (χ1v) is 11.4. The molecule has 2 aromatic carbocycles. The zero-order valence-corrected chi connectivity index (χ0v) is 17.9. The SMILES string of the molecule is COc1cc(/C=C2\SC(=O)N(CCOc3ccccc3)C2=O)ccc1OS(C)(=O)=O. The highest BCUT2D eigenvalue weighted by Crippen LogP contribution is 2.34. The Hall–Kier alpha value is -2.98. The van der Waals surface area contributed by atoms with Crippen LogP contribution in [0.4, 0.5) is 4.79 Å². The Morgan fingerprint density at radius 1 is 1.07 bits per heavy atom. The Labute approximate surface area is 178 Å². The van der Waals surface area contributed by atoms with Crippen molar-refractivity contribution in [3.05, 3.63) is 59.0 Å². The summed E-state index contributed by atoms with van der Waals surface area (Å²) in [5, 5.41) is -0.382. The zero-order chi connectivity index (χ0) is 21.7. The third-order valence-electron chi connectivity index (χ3n) is 3.93. The Morgan fingerprint density at radius 2 is 1.80 bits per heavy atom. The van der Waals surface area contributed by atoms with Crippen molar-refractivity contribution in [1.82, 2.24) is 4.90 Å². The molecule has 158 valence electrons. The van der Waals surface area contributed by atoms with Crippen LogP contribution in [0, 0.1) is 0 Å². The van der Waals surface area contributed by atoms with Gasteiger partial charge in [-0.2, -0.15) is 8.42 Å². The Kier molecular flexibility index (Phi) is 6.68. The number of imide groups is 1. The van der Waals surface area contributed by atoms with Crippen molar-refractivity contribution in [2.75, 3.05) is 26.5 Å². The molecule has 10 heteroatoms. The maximum Gasteiger partial charge on any atom is 0.306 e. The second-order valence-corrected chi connectivity index (χ2v) is 8.76. The molecular formula is C20H19NO7S2. The van der Waals surface area contributed by atoms with Crippen molar-refractivity contribution in [3.63, 3.8) is 0 Å². The number of para-hydroxylation sites is 1. The molecule has 2 aromatic rings. The summed E-state index contributed by atoms with van der Waals surface area (Å²) in [7, 11) is -2.34. The molecule has 1 saturated heterocycles.